The van der Waals surface area contributed by atoms with Crippen molar-refractivity contribution in [3.05, 3.63) is 0 Å². The minimum atomic E-state index is 0.306. The lowest BCUT2D eigenvalue weighted by Crippen LogP contribution is -2.34. The average Bonchev–Trinajstić information content (AvgIpc) is 3.28. The Morgan fingerprint density at radius 1 is 1.09 bits per heavy atom. The largest absolute Gasteiger partial charge is 0.396 e. The summed E-state index contributed by atoms with van der Waals surface area (Å²) >= 11 is 1.83. The summed E-state index contributed by atoms with van der Waals surface area (Å²) in [5.41, 5.74) is 0. The van der Waals surface area contributed by atoms with Gasteiger partial charge in [0, 0.05) is 31.5 Å². The first-order valence-electron chi connectivity index (χ1n) is 8.73. The smallest absolute Gasteiger partial charge is 0.228 e. The van der Waals surface area contributed by atoms with Gasteiger partial charge in [-0.15, -0.1) is 10.2 Å². The van der Waals surface area contributed by atoms with Gasteiger partial charge in [0.05, 0.1) is 0 Å². The van der Waals surface area contributed by atoms with Crippen molar-refractivity contribution in [3.8, 4) is 0 Å². The molecule has 2 fully saturated rings. The van der Waals surface area contributed by atoms with Gasteiger partial charge >= 0.3 is 0 Å². The topological polar surface area (TPSA) is 54.2 Å². The van der Waals surface area contributed by atoms with Crippen LogP contribution in [-0.4, -0.2) is 45.3 Å². The number of aliphatic hydroxyl groups is 1. The maximum atomic E-state index is 8.84. The third-order valence-electron chi connectivity index (χ3n) is 4.66. The standard InChI is InChI=1S/C16H28N4OS/c1-13-7-9-19(10-8-13)15-17-18-16(20(15)14-5-6-14)22-12-4-2-3-11-21/h13-14,21H,2-12H2,1H3. The highest BCUT2D eigenvalue weighted by Crippen LogP contribution is 2.41. The van der Waals surface area contributed by atoms with Gasteiger partial charge in [-0.1, -0.05) is 25.1 Å². The average molecular weight is 324 g/mol. The van der Waals surface area contributed by atoms with Crippen LogP contribution in [0.25, 0.3) is 0 Å². The van der Waals surface area contributed by atoms with Crippen molar-refractivity contribution in [2.75, 3.05) is 30.3 Å². The van der Waals surface area contributed by atoms with E-state index in [2.05, 4.69) is 26.6 Å². The Kier molecular flexibility index (Phi) is 5.63. The minimum absolute atomic E-state index is 0.306. The van der Waals surface area contributed by atoms with E-state index < -0.39 is 0 Å². The van der Waals surface area contributed by atoms with E-state index in [1.807, 2.05) is 11.8 Å². The highest BCUT2D eigenvalue weighted by atomic mass is 32.2. The summed E-state index contributed by atoms with van der Waals surface area (Å²) in [5.74, 6) is 3.02. The summed E-state index contributed by atoms with van der Waals surface area (Å²) in [6.45, 7) is 4.89. The van der Waals surface area contributed by atoms with Gasteiger partial charge in [-0.25, -0.2) is 0 Å². The summed E-state index contributed by atoms with van der Waals surface area (Å²) in [4.78, 5) is 2.43. The molecular formula is C16H28N4OS. The molecule has 0 radical (unpaired) electrons. The predicted octanol–water partition coefficient (Wildman–Crippen LogP) is 3.10. The molecule has 0 unspecified atom stereocenters. The van der Waals surface area contributed by atoms with Gasteiger partial charge in [0.2, 0.25) is 5.95 Å². The Morgan fingerprint density at radius 3 is 2.55 bits per heavy atom. The van der Waals surface area contributed by atoms with Crippen molar-refractivity contribution in [2.24, 2.45) is 5.92 Å². The van der Waals surface area contributed by atoms with Crippen molar-refractivity contribution < 1.29 is 5.11 Å². The van der Waals surface area contributed by atoms with Crippen LogP contribution in [0.2, 0.25) is 0 Å². The van der Waals surface area contributed by atoms with Gasteiger partial charge in [-0.3, -0.25) is 4.57 Å². The molecule has 1 aliphatic heterocycles. The Morgan fingerprint density at radius 2 is 1.86 bits per heavy atom. The van der Waals surface area contributed by atoms with Crippen LogP contribution in [0.3, 0.4) is 0 Å². The van der Waals surface area contributed by atoms with Gasteiger partial charge < -0.3 is 10.0 Å². The minimum Gasteiger partial charge on any atom is -0.396 e. The van der Waals surface area contributed by atoms with Gasteiger partial charge in [0.1, 0.15) is 0 Å². The van der Waals surface area contributed by atoms with Crippen LogP contribution in [0.4, 0.5) is 5.95 Å². The molecule has 3 rings (SSSR count). The molecule has 1 N–H and O–H groups in total. The van der Waals surface area contributed by atoms with Crippen LogP contribution < -0.4 is 4.90 Å². The molecule has 0 spiro atoms. The fraction of sp³-hybridized carbons (Fsp3) is 0.875. The van der Waals surface area contributed by atoms with Crippen molar-refractivity contribution in [3.63, 3.8) is 0 Å². The maximum Gasteiger partial charge on any atom is 0.228 e. The molecule has 1 saturated heterocycles. The number of unbranched alkanes of at least 4 members (excludes halogenated alkanes) is 2. The Balaban J connectivity index is 1.62. The number of rotatable bonds is 8. The molecule has 1 aliphatic carbocycles. The highest BCUT2D eigenvalue weighted by Gasteiger charge is 2.32. The summed E-state index contributed by atoms with van der Waals surface area (Å²) < 4.78 is 2.40. The number of nitrogens with zero attached hydrogens (tertiary/aromatic N) is 4. The molecule has 0 amide bonds. The third-order valence-corrected chi connectivity index (χ3v) is 5.69. The molecule has 1 aromatic heterocycles. The van der Waals surface area contributed by atoms with E-state index in [0.717, 1.165) is 55.1 Å². The molecule has 2 heterocycles. The lowest BCUT2D eigenvalue weighted by molar-refractivity contribution is 0.284. The number of aromatic nitrogens is 3. The molecular weight excluding hydrogens is 296 g/mol. The second-order valence-corrected chi connectivity index (χ2v) is 7.75. The van der Waals surface area contributed by atoms with Crippen LogP contribution in [0, 0.1) is 5.92 Å². The lowest BCUT2D eigenvalue weighted by Gasteiger charge is -2.31. The summed E-state index contributed by atoms with van der Waals surface area (Å²) in [6.07, 6.45) is 8.22. The van der Waals surface area contributed by atoms with Crippen LogP contribution in [0.15, 0.2) is 5.16 Å². The van der Waals surface area contributed by atoms with E-state index in [9.17, 15) is 0 Å². The number of anilines is 1. The van der Waals surface area contributed by atoms with Crippen molar-refractivity contribution >= 4 is 17.7 Å². The molecule has 5 nitrogen and oxygen atoms in total. The fourth-order valence-corrected chi connectivity index (χ4v) is 4.00. The number of hydrogen-bond donors (Lipinski definition) is 1. The first kappa shape index (κ1) is 16.1. The van der Waals surface area contributed by atoms with E-state index in [-0.39, 0.29) is 0 Å². The van der Waals surface area contributed by atoms with E-state index in [0.29, 0.717) is 12.6 Å². The Bertz CT molecular complexity index is 467. The van der Waals surface area contributed by atoms with Gasteiger partial charge in [0.25, 0.3) is 0 Å². The fourth-order valence-electron chi connectivity index (χ4n) is 3.00. The lowest BCUT2D eigenvalue weighted by atomic mass is 10.00. The first-order chi connectivity index (χ1) is 10.8. The molecule has 1 aromatic rings. The number of thioether (sulfide) groups is 1. The summed E-state index contributed by atoms with van der Waals surface area (Å²) in [5, 5.41) is 18.9. The normalized spacial score (nSPS) is 19.8. The van der Waals surface area contributed by atoms with Crippen molar-refractivity contribution in [1.29, 1.82) is 0 Å². The van der Waals surface area contributed by atoms with Crippen LogP contribution in [0.1, 0.15) is 57.9 Å². The molecule has 0 atom stereocenters. The zero-order valence-electron chi connectivity index (χ0n) is 13.6. The summed E-state index contributed by atoms with van der Waals surface area (Å²) in [6, 6.07) is 0.629. The second-order valence-electron chi connectivity index (χ2n) is 6.69. The van der Waals surface area contributed by atoms with Gasteiger partial charge in [-0.2, -0.15) is 0 Å². The Hall–Kier alpha value is -0.750. The number of aliphatic hydroxyl groups excluding tert-OH is 1. The van der Waals surface area contributed by atoms with Gasteiger partial charge in [0.15, 0.2) is 5.16 Å². The molecule has 0 bridgehead atoms. The third kappa shape index (κ3) is 3.96. The molecule has 6 heteroatoms. The highest BCUT2D eigenvalue weighted by molar-refractivity contribution is 7.99. The van der Waals surface area contributed by atoms with E-state index >= 15 is 0 Å². The quantitative estimate of drug-likeness (QED) is 0.588. The zero-order chi connectivity index (χ0) is 15.4. The van der Waals surface area contributed by atoms with Crippen LogP contribution in [0.5, 0.6) is 0 Å². The van der Waals surface area contributed by atoms with E-state index in [4.69, 9.17) is 5.11 Å². The van der Waals surface area contributed by atoms with Gasteiger partial charge in [-0.05, 0) is 44.4 Å². The van der Waals surface area contributed by atoms with Crippen LogP contribution >= 0.6 is 11.8 Å². The number of hydrogen-bond acceptors (Lipinski definition) is 5. The van der Waals surface area contributed by atoms with E-state index in [1.54, 1.807) is 0 Å². The number of piperidine rings is 1. The molecule has 124 valence electrons. The molecule has 2 aliphatic rings. The van der Waals surface area contributed by atoms with Crippen LogP contribution in [-0.2, 0) is 0 Å². The molecule has 1 saturated carbocycles. The summed E-state index contributed by atoms with van der Waals surface area (Å²) in [7, 11) is 0. The zero-order valence-corrected chi connectivity index (χ0v) is 14.4. The van der Waals surface area contributed by atoms with Crippen molar-refractivity contribution in [2.45, 2.75) is 63.1 Å². The second kappa shape index (κ2) is 7.68. The van der Waals surface area contributed by atoms with Crippen molar-refractivity contribution in [1.82, 2.24) is 14.8 Å². The molecule has 0 aromatic carbocycles. The first-order valence-corrected chi connectivity index (χ1v) is 9.71. The monoisotopic (exact) mass is 324 g/mol. The predicted molar refractivity (Wildman–Crippen MR) is 90.6 cm³/mol. The Labute approximate surface area is 137 Å². The SMILES string of the molecule is CC1CCN(c2nnc(SCCCCCO)n2C2CC2)CC1. The molecule has 22 heavy (non-hydrogen) atoms. The van der Waals surface area contributed by atoms with E-state index in [1.165, 1.54) is 25.7 Å². The maximum absolute atomic E-state index is 8.84.